The first-order chi connectivity index (χ1) is 12.5. The van der Waals surface area contributed by atoms with Crippen LogP contribution in [0.2, 0.25) is 0 Å². The maximum Gasteiger partial charge on any atom is 0.253 e. The molecule has 0 saturated carbocycles. The van der Waals surface area contributed by atoms with Gasteiger partial charge in [0.2, 0.25) is 5.91 Å². The minimum Gasteiger partial charge on any atom is -0.339 e. The fourth-order valence-corrected chi connectivity index (χ4v) is 3.84. The van der Waals surface area contributed by atoms with Crippen molar-refractivity contribution in [1.82, 2.24) is 10.2 Å². The number of rotatable bonds is 5. The van der Waals surface area contributed by atoms with Gasteiger partial charge in [-0.25, -0.2) is 0 Å². The molecule has 5 nitrogen and oxygen atoms in total. The quantitative estimate of drug-likeness (QED) is 0.851. The number of anilines is 1. The van der Waals surface area contributed by atoms with Gasteiger partial charge < -0.3 is 15.5 Å². The molecule has 3 rings (SSSR count). The monoisotopic (exact) mass is 357 g/mol. The van der Waals surface area contributed by atoms with Crippen LogP contribution < -0.4 is 10.6 Å². The second kappa shape index (κ2) is 8.67. The molecular weight excluding hydrogens is 326 g/mol. The van der Waals surface area contributed by atoms with Gasteiger partial charge in [0.15, 0.2) is 0 Å². The molecule has 2 N–H and O–H groups in total. The largest absolute Gasteiger partial charge is 0.339 e. The van der Waals surface area contributed by atoms with Crippen LogP contribution in [-0.2, 0) is 4.79 Å². The second-order valence-corrected chi connectivity index (χ2v) is 7.95. The minimum absolute atomic E-state index is 0.0593. The summed E-state index contributed by atoms with van der Waals surface area (Å²) in [6.45, 7) is 7.97. The number of aryl methyl sites for hydroxylation is 1. The summed E-state index contributed by atoms with van der Waals surface area (Å²) in [5.41, 5.74) is 2.47. The third-order valence-corrected chi connectivity index (χ3v) is 5.76. The maximum atomic E-state index is 12.7. The number of benzene rings is 1. The van der Waals surface area contributed by atoms with Gasteiger partial charge in [-0.1, -0.05) is 6.92 Å². The molecule has 2 fully saturated rings. The van der Waals surface area contributed by atoms with Crippen molar-refractivity contribution in [3.05, 3.63) is 29.3 Å². The molecule has 2 saturated heterocycles. The molecule has 2 amide bonds. The number of hydrogen-bond donors (Lipinski definition) is 2. The highest BCUT2D eigenvalue weighted by atomic mass is 16.2. The summed E-state index contributed by atoms with van der Waals surface area (Å²) in [7, 11) is 0. The van der Waals surface area contributed by atoms with Crippen molar-refractivity contribution in [3.63, 3.8) is 0 Å². The van der Waals surface area contributed by atoms with Crippen molar-refractivity contribution < 1.29 is 9.59 Å². The van der Waals surface area contributed by atoms with Crippen molar-refractivity contribution in [2.45, 2.75) is 46.0 Å². The Hall–Kier alpha value is -1.88. The zero-order valence-corrected chi connectivity index (χ0v) is 16.0. The molecule has 1 aromatic carbocycles. The molecule has 1 aromatic rings. The first-order valence-corrected chi connectivity index (χ1v) is 9.93. The number of piperidine rings is 1. The average molecular weight is 357 g/mol. The first kappa shape index (κ1) is 18.9. The summed E-state index contributed by atoms with van der Waals surface area (Å²) in [6, 6.07) is 5.60. The lowest BCUT2D eigenvalue weighted by molar-refractivity contribution is -0.116. The van der Waals surface area contributed by atoms with Crippen molar-refractivity contribution in [2.24, 2.45) is 11.8 Å². The fourth-order valence-electron chi connectivity index (χ4n) is 3.84. The van der Waals surface area contributed by atoms with E-state index in [1.807, 2.05) is 30.0 Å². The molecule has 0 radical (unpaired) electrons. The molecule has 1 unspecified atom stereocenters. The average Bonchev–Trinajstić information content (AvgIpc) is 3.15. The van der Waals surface area contributed by atoms with Crippen LogP contribution in [-0.4, -0.2) is 42.9 Å². The van der Waals surface area contributed by atoms with Crippen LogP contribution in [0.4, 0.5) is 5.69 Å². The molecule has 0 aliphatic carbocycles. The highest BCUT2D eigenvalue weighted by Gasteiger charge is 2.22. The Morgan fingerprint density at radius 2 is 2.00 bits per heavy atom. The Kier molecular flexibility index (Phi) is 6.30. The zero-order chi connectivity index (χ0) is 18.5. The SMILES string of the molecule is Cc1cc(C(=O)N2CCC(C)CC2)ccc1NC(=O)CCC1CCNC1. The molecule has 0 aromatic heterocycles. The topological polar surface area (TPSA) is 61.4 Å². The summed E-state index contributed by atoms with van der Waals surface area (Å²) in [5, 5.41) is 6.33. The molecule has 0 bridgehead atoms. The Balaban J connectivity index is 1.54. The van der Waals surface area contributed by atoms with Crippen LogP contribution in [0.1, 0.15) is 54.9 Å². The Labute approximate surface area is 156 Å². The van der Waals surface area contributed by atoms with E-state index in [1.54, 1.807) is 0 Å². The molecule has 2 aliphatic heterocycles. The highest BCUT2D eigenvalue weighted by molar-refractivity contribution is 5.96. The Bertz CT molecular complexity index is 645. The van der Waals surface area contributed by atoms with Gasteiger partial charge in [-0.3, -0.25) is 9.59 Å². The lowest BCUT2D eigenvalue weighted by Crippen LogP contribution is -2.37. The highest BCUT2D eigenvalue weighted by Crippen LogP contribution is 2.22. The standard InChI is InChI=1S/C21H31N3O2/c1-15-8-11-24(12-9-15)21(26)18-4-5-19(16(2)13-18)23-20(25)6-3-17-7-10-22-14-17/h4-5,13,15,17,22H,3,6-12,14H2,1-2H3,(H,23,25). The van der Waals surface area contributed by atoms with Gasteiger partial charge >= 0.3 is 0 Å². The smallest absolute Gasteiger partial charge is 0.253 e. The number of hydrogen-bond acceptors (Lipinski definition) is 3. The van der Waals surface area contributed by atoms with E-state index >= 15 is 0 Å². The van der Waals surface area contributed by atoms with Crippen LogP contribution in [0.5, 0.6) is 0 Å². The lowest BCUT2D eigenvalue weighted by Gasteiger charge is -2.30. The molecule has 0 spiro atoms. The van der Waals surface area contributed by atoms with Crippen molar-refractivity contribution >= 4 is 17.5 Å². The summed E-state index contributed by atoms with van der Waals surface area (Å²) >= 11 is 0. The number of nitrogens with zero attached hydrogens (tertiary/aromatic N) is 1. The number of likely N-dealkylation sites (tertiary alicyclic amines) is 1. The van der Waals surface area contributed by atoms with E-state index in [-0.39, 0.29) is 11.8 Å². The third kappa shape index (κ3) is 4.85. The summed E-state index contributed by atoms with van der Waals surface area (Å²) in [5.74, 6) is 1.49. The van der Waals surface area contributed by atoms with Crippen molar-refractivity contribution in [1.29, 1.82) is 0 Å². The zero-order valence-electron chi connectivity index (χ0n) is 16.0. The number of nitrogens with one attached hydrogen (secondary N) is 2. The van der Waals surface area contributed by atoms with E-state index in [2.05, 4.69) is 17.6 Å². The molecule has 2 heterocycles. The lowest BCUT2D eigenvalue weighted by atomic mass is 9.98. The van der Waals surface area contributed by atoms with Crippen LogP contribution in [0, 0.1) is 18.8 Å². The van der Waals surface area contributed by atoms with Gasteiger partial charge in [-0.05, 0) is 81.3 Å². The second-order valence-electron chi connectivity index (χ2n) is 7.95. The van der Waals surface area contributed by atoms with E-state index in [4.69, 9.17) is 0 Å². The van der Waals surface area contributed by atoms with Crippen LogP contribution in [0.15, 0.2) is 18.2 Å². The number of amides is 2. The van der Waals surface area contributed by atoms with E-state index in [1.165, 1.54) is 6.42 Å². The number of carbonyl (C=O) groups excluding carboxylic acids is 2. The number of carbonyl (C=O) groups is 2. The van der Waals surface area contributed by atoms with Gasteiger partial charge in [0.05, 0.1) is 0 Å². The van der Waals surface area contributed by atoms with Gasteiger partial charge in [-0.2, -0.15) is 0 Å². The van der Waals surface area contributed by atoms with Crippen LogP contribution in [0.25, 0.3) is 0 Å². The van der Waals surface area contributed by atoms with Gasteiger partial charge in [0, 0.05) is 30.8 Å². The van der Waals surface area contributed by atoms with Crippen LogP contribution >= 0.6 is 0 Å². The molecule has 1 atom stereocenters. The van der Waals surface area contributed by atoms with Crippen molar-refractivity contribution in [3.8, 4) is 0 Å². The minimum atomic E-state index is 0.0593. The molecular formula is C21H31N3O2. The summed E-state index contributed by atoms with van der Waals surface area (Å²) < 4.78 is 0. The fraction of sp³-hybridized carbons (Fsp3) is 0.619. The maximum absolute atomic E-state index is 12.7. The molecule has 5 heteroatoms. The summed E-state index contributed by atoms with van der Waals surface area (Å²) in [6.07, 6.45) is 4.81. The third-order valence-electron chi connectivity index (χ3n) is 5.76. The Morgan fingerprint density at radius 3 is 2.65 bits per heavy atom. The summed E-state index contributed by atoms with van der Waals surface area (Å²) in [4.78, 5) is 26.8. The van der Waals surface area contributed by atoms with Gasteiger partial charge in [-0.15, -0.1) is 0 Å². The predicted octanol–water partition coefficient (Wildman–Crippen LogP) is 3.20. The molecule has 142 valence electrons. The van der Waals surface area contributed by atoms with E-state index in [0.717, 1.165) is 56.7 Å². The van der Waals surface area contributed by atoms with E-state index < -0.39 is 0 Å². The van der Waals surface area contributed by atoms with Gasteiger partial charge in [0.1, 0.15) is 0 Å². The first-order valence-electron chi connectivity index (χ1n) is 9.93. The van der Waals surface area contributed by atoms with Gasteiger partial charge in [0.25, 0.3) is 5.91 Å². The predicted molar refractivity (Wildman–Crippen MR) is 104 cm³/mol. The molecule has 2 aliphatic rings. The van der Waals surface area contributed by atoms with E-state index in [9.17, 15) is 9.59 Å². The normalized spacial score (nSPS) is 21.0. The van der Waals surface area contributed by atoms with Crippen molar-refractivity contribution in [2.75, 3.05) is 31.5 Å². The van der Waals surface area contributed by atoms with Crippen LogP contribution in [0.3, 0.4) is 0 Å². The molecule has 26 heavy (non-hydrogen) atoms. The Morgan fingerprint density at radius 1 is 1.23 bits per heavy atom. The van der Waals surface area contributed by atoms with E-state index in [0.29, 0.717) is 23.8 Å².